The van der Waals surface area contributed by atoms with E-state index < -0.39 is 5.54 Å². The van der Waals surface area contributed by atoms with E-state index in [9.17, 15) is 9.59 Å². The standard InChI is InChI=1S/C26H28ClN3O2/c1-26(2,3)30(25(32)19-9-5-4-6-10-19)18-23(31)29-16-15-28-14-8-13-22(28)24(29)20-11-7-12-21(27)17-20/h4-14,17,24H,15-16,18H2,1-3H3. The van der Waals surface area contributed by atoms with Gasteiger partial charge >= 0.3 is 0 Å². The smallest absolute Gasteiger partial charge is 0.254 e. The predicted octanol–water partition coefficient (Wildman–Crippen LogP) is 5.01. The number of hydrogen-bond acceptors (Lipinski definition) is 2. The van der Waals surface area contributed by atoms with Crippen LogP contribution in [0.5, 0.6) is 0 Å². The van der Waals surface area contributed by atoms with Crippen molar-refractivity contribution >= 4 is 23.4 Å². The van der Waals surface area contributed by atoms with Gasteiger partial charge in [0.25, 0.3) is 5.91 Å². The highest BCUT2D eigenvalue weighted by molar-refractivity contribution is 6.30. The maximum absolute atomic E-state index is 13.7. The third kappa shape index (κ3) is 4.44. The molecule has 1 aliphatic rings. The Kier molecular flexibility index (Phi) is 6.11. The lowest BCUT2D eigenvalue weighted by Crippen LogP contribution is -2.53. The summed E-state index contributed by atoms with van der Waals surface area (Å²) in [7, 11) is 0. The van der Waals surface area contributed by atoms with Gasteiger partial charge in [0, 0.05) is 41.1 Å². The van der Waals surface area contributed by atoms with E-state index >= 15 is 0 Å². The lowest BCUT2D eigenvalue weighted by Gasteiger charge is -2.41. The van der Waals surface area contributed by atoms with Gasteiger partial charge in [-0.2, -0.15) is 0 Å². The van der Waals surface area contributed by atoms with Crippen molar-refractivity contribution in [3.63, 3.8) is 0 Å². The Labute approximate surface area is 194 Å². The van der Waals surface area contributed by atoms with Crippen molar-refractivity contribution in [3.05, 3.63) is 94.8 Å². The van der Waals surface area contributed by atoms with Gasteiger partial charge in [-0.25, -0.2) is 0 Å². The molecule has 0 radical (unpaired) electrons. The molecular formula is C26H28ClN3O2. The summed E-state index contributed by atoms with van der Waals surface area (Å²) in [5.41, 5.74) is 2.07. The Morgan fingerprint density at radius 1 is 1.00 bits per heavy atom. The van der Waals surface area contributed by atoms with E-state index in [1.165, 1.54) is 0 Å². The molecule has 0 aliphatic carbocycles. The van der Waals surface area contributed by atoms with Crippen LogP contribution in [0.2, 0.25) is 5.02 Å². The first kappa shape index (κ1) is 22.2. The summed E-state index contributed by atoms with van der Waals surface area (Å²) >= 11 is 6.28. The van der Waals surface area contributed by atoms with E-state index in [1.54, 1.807) is 17.0 Å². The highest BCUT2D eigenvalue weighted by atomic mass is 35.5. The lowest BCUT2D eigenvalue weighted by atomic mass is 9.99. The SMILES string of the molecule is CC(C)(C)N(CC(=O)N1CCn2cccc2C1c1cccc(Cl)c1)C(=O)c1ccccc1. The van der Waals surface area contributed by atoms with Crippen LogP contribution in [0.4, 0.5) is 0 Å². The number of aromatic nitrogens is 1. The zero-order valence-corrected chi connectivity index (χ0v) is 19.4. The second-order valence-corrected chi connectivity index (χ2v) is 9.54. The van der Waals surface area contributed by atoms with Gasteiger partial charge in [0.2, 0.25) is 5.91 Å². The number of fused-ring (bicyclic) bond motifs is 1. The van der Waals surface area contributed by atoms with Gasteiger partial charge in [-0.1, -0.05) is 41.9 Å². The molecule has 0 N–H and O–H groups in total. The number of carbonyl (C=O) groups is 2. The van der Waals surface area contributed by atoms with Gasteiger partial charge in [-0.3, -0.25) is 9.59 Å². The van der Waals surface area contributed by atoms with Crippen molar-refractivity contribution in [1.29, 1.82) is 0 Å². The number of rotatable bonds is 4. The van der Waals surface area contributed by atoms with Crippen LogP contribution in [0.1, 0.15) is 48.4 Å². The summed E-state index contributed by atoms with van der Waals surface area (Å²) in [5.74, 6) is -0.229. The molecule has 32 heavy (non-hydrogen) atoms. The van der Waals surface area contributed by atoms with Gasteiger partial charge in [-0.05, 0) is 62.7 Å². The fourth-order valence-electron chi connectivity index (χ4n) is 4.26. The predicted molar refractivity (Wildman–Crippen MR) is 127 cm³/mol. The minimum Gasteiger partial charge on any atom is -0.348 e. The molecule has 2 amide bonds. The maximum atomic E-state index is 13.7. The Bertz CT molecular complexity index is 1120. The van der Waals surface area contributed by atoms with Crippen molar-refractivity contribution < 1.29 is 9.59 Å². The quantitative estimate of drug-likeness (QED) is 0.561. The Morgan fingerprint density at radius 2 is 1.75 bits per heavy atom. The lowest BCUT2D eigenvalue weighted by molar-refractivity contribution is -0.135. The summed E-state index contributed by atoms with van der Waals surface area (Å²) in [5, 5.41) is 0.633. The highest BCUT2D eigenvalue weighted by Crippen LogP contribution is 2.34. The number of nitrogens with zero attached hydrogens (tertiary/aromatic N) is 3. The van der Waals surface area contributed by atoms with E-state index in [-0.39, 0.29) is 24.4 Å². The first-order valence-electron chi connectivity index (χ1n) is 10.8. The monoisotopic (exact) mass is 449 g/mol. The molecule has 1 aromatic heterocycles. The second kappa shape index (κ2) is 8.83. The number of amides is 2. The van der Waals surface area contributed by atoms with E-state index in [4.69, 9.17) is 11.6 Å². The van der Waals surface area contributed by atoms with E-state index in [0.717, 1.165) is 11.3 Å². The summed E-state index contributed by atoms with van der Waals surface area (Å²) < 4.78 is 2.17. The van der Waals surface area contributed by atoms with Gasteiger partial charge in [0.15, 0.2) is 0 Å². The molecule has 1 atom stereocenters. The molecule has 1 aliphatic heterocycles. The number of hydrogen-bond donors (Lipinski definition) is 0. The van der Waals surface area contributed by atoms with E-state index in [2.05, 4.69) is 4.57 Å². The van der Waals surface area contributed by atoms with Crippen molar-refractivity contribution in [2.45, 2.75) is 38.9 Å². The van der Waals surface area contributed by atoms with Crippen LogP contribution < -0.4 is 0 Å². The van der Waals surface area contributed by atoms with Crippen LogP contribution in [-0.4, -0.2) is 44.8 Å². The molecule has 166 valence electrons. The molecule has 0 bridgehead atoms. The molecule has 0 saturated carbocycles. The third-order valence-corrected chi connectivity index (χ3v) is 6.13. The molecule has 5 nitrogen and oxygen atoms in total. The Balaban J connectivity index is 1.66. The molecule has 1 unspecified atom stereocenters. The molecule has 2 heterocycles. The second-order valence-electron chi connectivity index (χ2n) is 9.10. The van der Waals surface area contributed by atoms with Crippen molar-refractivity contribution in [2.75, 3.05) is 13.1 Å². The van der Waals surface area contributed by atoms with Crippen LogP contribution >= 0.6 is 11.6 Å². The number of halogens is 1. The molecule has 2 aromatic carbocycles. The highest BCUT2D eigenvalue weighted by Gasteiger charge is 2.36. The van der Waals surface area contributed by atoms with Crippen LogP contribution in [-0.2, 0) is 11.3 Å². The minimum atomic E-state index is -0.510. The average molecular weight is 450 g/mol. The normalized spacial score (nSPS) is 15.9. The van der Waals surface area contributed by atoms with Gasteiger partial charge in [0.05, 0.1) is 6.04 Å². The van der Waals surface area contributed by atoms with Gasteiger partial charge in [-0.15, -0.1) is 0 Å². The Morgan fingerprint density at radius 3 is 2.44 bits per heavy atom. The minimum absolute atomic E-state index is 0.00893. The summed E-state index contributed by atoms with van der Waals surface area (Å²) in [6, 6.07) is 20.6. The molecular weight excluding hydrogens is 422 g/mol. The topological polar surface area (TPSA) is 45.6 Å². The van der Waals surface area contributed by atoms with E-state index in [0.29, 0.717) is 23.7 Å². The molecule has 0 saturated heterocycles. The fourth-order valence-corrected chi connectivity index (χ4v) is 4.45. The van der Waals surface area contributed by atoms with Crippen LogP contribution in [0, 0.1) is 0 Å². The maximum Gasteiger partial charge on any atom is 0.254 e. The third-order valence-electron chi connectivity index (χ3n) is 5.89. The molecule has 4 rings (SSSR count). The van der Waals surface area contributed by atoms with Crippen molar-refractivity contribution in [2.24, 2.45) is 0 Å². The fraction of sp³-hybridized carbons (Fsp3) is 0.308. The van der Waals surface area contributed by atoms with E-state index in [1.807, 2.05) is 86.5 Å². The first-order valence-corrected chi connectivity index (χ1v) is 11.2. The van der Waals surface area contributed by atoms with Crippen LogP contribution in [0.25, 0.3) is 0 Å². The van der Waals surface area contributed by atoms with Gasteiger partial charge in [0.1, 0.15) is 6.54 Å². The summed E-state index contributed by atoms with van der Waals surface area (Å²) in [4.78, 5) is 30.5. The number of carbonyl (C=O) groups excluding carboxylic acids is 2. The zero-order chi connectivity index (χ0) is 22.9. The van der Waals surface area contributed by atoms with Crippen LogP contribution in [0.3, 0.4) is 0 Å². The van der Waals surface area contributed by atoms with Crippen LogP contribution in [0.15, 0.2) is 72.9 Å². The largest absolute Gasteiger partial charge is 0.348 e. The molecule has 0 fully saturated rings. The Hall–Kier alpha value is -3.05. The molecule has 3 aromatic rings. The zero-order valence-electron chi connectivity index (χ0n) is 18.7. The summed E-state index contributed by atoms with van der Waals surface area (Å²) in [6.07, 6.45) is 2.04. The van der Waals surface area contributed by atoms with Gasteiger partial charge < -0.3 is 14.4 Å². The summed E-state index contributed by atoms with van der Waals surface area (Å²) in [6.45, 7) is 7.16. The van der Waals surface area contributed by atoms with Crippen molar-refractivity contribution in [3.8, 4) is 0 Å². The molecule has 6 heteroatoms. The first-order chi connectivity index (χ1) is 15.3. The number of benzene rings is 2. The van der Waals surface area contributed by atoms with Crippen molar-refractivity contribution in [1.82, 2.24) is 14.4 Å². The average Bonchev–Trinajstić information content (AvgIpc) is 3.25. The molecule has 0 spiro atoms.